The molecule has 0 saturated heterocycles. The second kappa shape index (κ2) is 5.23. The van der Waals surface area contributed by atoms with E-state index in [2.05, 4.69) is 0 Å². The highest BCUT2D eigenvalue weighted by Crippen LogP contribution is 2.27. The van der Waals surface area contributed by atoms with Gasteiger partial charge in [-0.25, -0.2) is 8.78 Å². The lowest BCUT2D eigenvalue weighted by Crippen LogP contribution is -1.98. The molecule has 94 valence electrons. The minimum atomic E-state index is -0.642. The Balaban J connectivity index is 2.11. The lowest BCUT2D eigenvalue weighted by atomic mass is 10.2. The number of ether oxygens (including phenoxy) is 1. The number of hydrogen-bond donors (Lipinski definition) is 1. The molecule has 0 amide bonds. The zero-order chi connectivity index (χ0) is 13.1. The van der Waals surface area contributed by atoms with Gasteiger partial charge in [-0.05, 0) is 35.9 Å². The maximum absolute atomic E-state index is 12.9. The van der Waals surface area contributed by atoms with Crippen LogP contribution >= 0.6 is 11.6 Å². The van der Waals surface area contributed by atoms with Gasteiger partial charge in [0.15, 0.2) is 0 Å². The van der Waals surface area contributed by atoms with Gasteiger partial charge in [0.2, 0.25) is 0 Å². The summed E-state index contributed by atoms with van der Waals surface area (Å²) < 4.78 is 31.3. The first kappa shape index (κ1) is 12.6. The number of anilines is 1. The first-order valence-corrected chi connectivity index (χ1v) is 5.55. The largest absolute Gasteiger partial charge is 0.487 e. The summed E-state index contributed by atoms with van der Waals surface area (Å²) in [5, 5.41) is 0.354. The van der Waals surface area contributed by atoms with Crippen molar-refractivity contribution < 1.29 is 13.5 Å². The zero-order valence-electron chi connectivity index (χ0n) is 9.29. The van der Waals surface area contributed by atoms with E-state index in [9.17, 15) is 8.78 Å². The average Bonchev–Trinajstić information content (AvgIpc) is 2.26. The van der Waals surface area contributed by atoms with Crippen LogP contribution < -0.4 is 10.5 Å². The summed E-state index contributed by atoms with van der Waals surface area (Å²) in [4.78, 5) is 0. The van der Waals surface area contributed by atoms with Gasteiger partial charge in [-0.2, -0.15) is 0 Å². The molecule has 0 radical (unpaired) electrons. The first-order chi connectivity index (χ1) is 8.54. The van der Waals surface area contributed by atoms with Crippen molar-refractivity contribution in [3.8, 4) is 5.75 Å². The van der Waals surface area contributed by atoms with Gasteiger partial charge in [0.25, 0.3) is 0 Å². The lowest BCUT2D eigenvalue weighted by molar-refractivity contribution is 0.305. The van der Waals surface area contributed by atoms with Gasteiger partial charge in [-0.3, -0.25) is 0 Å². The molecule has 0 bridgehead atoms. The molecule has 0 fully saturated rings. The number of benzene rings is 2. The van der Waals surface area contributed by atoms with E-state index in [-0.39, 0.29) is 6.61 Å². The monoisotopic (exact) mass is 269 g/mol. The van der Waals surface area contributed by atoms with Crippen LogP contribution in [0.15, 0.2) is 36.4 Å². The van der Waals surface area contributed by atoms with E-state index in [1.165, 1.54) is 12.1 Å². The van der Waals surface area contributed by atoms with E-state index >= 15 is 0 Å². The summed E-state index contributed by atoms with van der Waals surface area (Å²) in [5.74, 6) is -0.871. The van der Waals surface area contributed by atoms with Crippen molar-refractivity contribution in [2.24, 2.45) is 0 Å². The topological polar surface area (TPSA) is 35.2 Å². The minimum absolute atomic E-state index is 0.0261. The molecule has 2 aromatic rings. The number of rotatable bonds is 3. The normalized spacial score (nSPS) is 10.4. The van der Waals surface area contributed by atoms with E-state index in [4.69, 9.17) is 22.1 Å². The molecule has 0 aliphatic carbocycles. The summed E-state index contributed by atoms with van der Waals surface area (Å²) in [5.41, 5.74) is 6.44. The van der Waals surface area contributed by atoms with E-state index in [1.807, 2.05) is 0 Å². The van der Waals surface area contributed by atoms with Crippen molar-refractivity contribution in [2.75, 3.05) is 5.73 Å². The van der Waals surface area contributed by atoms with Crippen LogP contribution in [-0.4, -0.2) is 0 Å². The highest BCUT2D eigenvalue weighted by molar-refractivity contribution is 6.32. The Labute approximate surface area is 108 Å². The van der Waals surface area contributed by atoms with Crippen LogP contribution in [0.4, 0.5) is 14.5 Å². The predicted octanol–water partition coefficient (Wildman–Crippen LogP) is 3.78. The number of halogens is 3. The molecule has 0 aromatic heterocycles. The van der Waals surface area contributed by atoms with Crippen LogP contribution in [0.1, 0.15) is 5.56 Å². The molecule has 0 heterocycles. The molecule has 0 saturated carbocycles. The van der Waals surface area contributed by atoms with Crippen LogP contribution in [0, 0.1) is 11.6 Å². The van der Waals surface area contributed by atoms with Crippen LogP contribution in [0.25, 0.3) is 0 Å². The van der Waals surface area contributed by atoms with Crippen molar-refractivity contribution in [3.63, 3.8) is 0 Å². The summed E-state index contributed by atoms with van der Waals surface area (Å²) in [6, 6.07) is 7.99. The summed E-state index contributed by atoms with van der Waals surface area (Å²) in [7, 11) is 0. The third-order valence-corrected chi connectivity index (χ3v) is 2.57. The third kappa shape index (κ3) is 3.11. The van der Waals surface area contributed by atoms with E-state index in [0.717, 1.165) is 6.07 Å². The quantitative estimate of drug-likeness (QED) is 0.861. The van der Waals surface area contributed by atoms with Crippen molar-refractivity contribution in [3.05, 3.63) is 58.6 Å². The Morgan fingerprint density at radius 2 is 1.72 bits per heavy atom. The van der Waals surface area contributed by atoms with Gasteiger partial charge in [0.1, 0.15) is 24.0 Å². The summed E-state index contributed by atoms with van der Waals surface area (Å²) in [6.45, 7) is 0.0261. The highest BCUT2D eigenvalue weighted by atomic mass is 35.5. The average molecular weight is 270 g/mol. The molecule has 5 heteroatoms. The molecule has 2 aromatic carbocycles. The van der Waals surface area contributed by atoms with E-state index < -0.39 is 11.6 Å². The van der Waals surface area contributed by atoms with Gasteiger partial charge in [0, 0.05) is 11.8 Å². The van der Waals surface area contributed by atoms with Crippen LogP contribution in [0.3, 0.4) is 0 Å². The lowest BCUT2D eigenvalue weighted by Gasteiger charge is -2.08. The first-order valence-electron chi connectivity index (χ1n) is 5.17. The van der Waals surface area contributed by atoms with Crippen LogP contribution in [0.2, 0.25) is 5.02 Å². The summed E-state index contributed by atoms with van der Waals surface area (Å²) >= 11 is 5.91. The second-order valence-corrected chi connectivity index (χ2v) is 4.16. The molecular formula is C13H10ClF2NO. The minimum Gasteiger partial charge on any atom is -0.487 e. The molecule has 0 aliphatic heterocycles. The Morgan fingerprint density at radius 1 is 1.06 bits per heavy atom. The van der Waals surface area contributed by atoms with E-state index in [1.54, 1.807) is 18.2 Å². The van der Waals surface area contributed by atoms with Crippen molar-refractivity contribution in [2.45, 2.75) is 6.61 Å². The maximum atomic E-state index is 12.9. The maximum Gasteiger partial charge on any atom is 0.138 e. The Bertz CT molecular complexity index is 555. The molecule has 0 unspecified atom stereocenters. The Hall–Kier alpha value is -1.81. The van der Waals surface area contributed by atoms with Crippen molar-refractivity contribution in [1.82, 2.24) is 0 Å². The molecule has 18 heavy (non-hydrogen) atoms. The fourth-order valence-corrected chi connectivity index (χ4v) is 1.73. The number of hydrogen-bond acceptors (Lipinski definition) is 2. The number of nitrogens with two attached hydrogens (primary N) is 1. The fraction of sp³-hybridized carbons (Fsp3) is 0.0769. The van der Waals surface area contributed by atoms with Gasteiger partial charge < -0.3 is 10.5 Å². The fourth-order valence-electron chi connectivity index (χ4n) is 1.49. The highest BCUT2D eigenvalue weighted by Gasteiger charge is 2.04. The van der Waals surface area contributed by atoms with Crippen LogP contribution in [-0.2, 0) is 6.61 Å². The molecular weight excluding hydrogens is 260 g/mol. The molecule has 2 N–H and O–H groups in total. The molecule has 0 atom stereocenters. The SMILES string of the molecule is Nc1ccc(OCc2cc(F)cc(F)c2)c(Cl)c1. The molecule has 0 aliphatic rings. The molecule has 2 nitrogen and oxygen atoms in total. The van der Waals surface area contributed by atoms with Crippen LogP contribution in [0.5, 0.6) is 5.75 Å². The van der Waals surface area contributed by atoms with Gasteiger partial charge in [-0.15, -0.1) is 0 Å². The predicted molar refractivity (Wildman–Crippen MR) is 66.6 cm³/mol. The number of nitrogen functional groups attached to an aromatic ring is 1. The molecule has 2 rings (SSSR count). The van der Waals surface area contributed by atoms with Crippen molar-refractivity contribution >= 4 is 17.3 Å². The zero-order valence-corrected chi connectivity index (χ0v) is 10.0. The van der Waals surface area contributed by atoms with Gasteiger partial charge >= 0.3 is 0 Å². The van der Waals surface area contributed by atoms with E-state index in [0.29, 0.717) is 22.0 Å². The second-order valence-electron chi connectivity index (χ2n) is 3.76. The molecule has 0 spiro atoms. The van der Waals surface area contributed by atoms with Gasteiger partial charge in [0.05, 0.1) is 5.02 Å². The third-order valence-electron chi connectivity index (χ3n) is 2.27. The summed E-state index contributed by atoms with van der Waals surface area (Å²) in [6.07, 6.45) is 0. The van der Waals surface area contributed by atoms with Crippen molar-refractivity contribution in [1.29, 1.82) is 0 Å². The smallest absolute Gasteiger partial charge is 0.138 e. The Kier molecular flexibility index (Phi) is 3.67. The standard InChI is InChI=1S/C13H10ClF2NO/c14-12-6-11(17)1-2-13(12)18-7-8-3-9(15)5-10(16)4-8/h1-6H,7,17H2. The van der Waals surface area contributed by atoms with Gasteiger partial charge in [-0.1, -0.05) is 11.6 Å². The Morgan fingerprint density at radius 3 is 2.33 bits per heavy atom.